The van der Waals surface area contributed by atoms with Crippen molar-refractivity contribution in [3.05, 3.63) is 71.9 Å². The van der Waals surface area contributed by atoms with Crippen LogP contribution < -0.4 is 21.3 Å². The molecule has 0 spiro atoms. The Bertz CT molecular complexity index is 1090. The summed E-state index contributed by atoms with van der Waals surface area (Å²) in [4.78, 5) is 33.2. The van der Waals surface area contributed by atoms with Crippen LogP contribution in [-0.2, 0) is 11.3 Å². The summed E-state index contributed by atoms with van der Waals surface area (Å²) in [6.07, 6.45) is 1.79. The first-order valence-electron chi connectivity index (χ1n) is 9.66. The maximum atomic E-state index is 13.3. The highest BCUT2D eigenvalue weighted by atomic mass is 19.1. The number of nitrogens with zero attached hydrogens (tertiary/aromatic N) is 3. The lowest BCUT2D eigenvalue weighted by Crippen LogP contribution is -2.24. The van der Waals surface area contributed by atoms with Crippen molar-refractivity contribution in [2.24, 2.45) is 5.73 Å². The summed E-state index contributed by atoms with van der Waals surface area (Å²) in [5, 5.41) is 6.20. The van der Waals surface area contributed by atoms with Crippen LogP contribution in [0.15, 0.2) is 54.7 Å². The van der Waals surface area contributed by atoms with Crippen molar-refractivity contribution in [2.75, 3.05) is 22.6 Å². The van der Waals surface area contributed by atoms with Gasteiger partial charge in [0.25, 0.3) is 5.91 Å². The average molecular weight is 422 g/mol. The molecule has 160 valence electrons. The Kier molecular flexibility index (Phi) is 6.76. The van der Waals surface area contributed by atoms with Gasteiger partial charge in [0.1, 0.15) is 5.82 Å². The molecule has 0 aliphatic carbocycles. The molecule has 3 rings (SSSR count). The van der Waals surface area contributed by atoms with Crippen molar-refractivity contribution in [1.29, 1.82) is 0 Å². The molecule has 2 amide bonds. The number of hydrogen-bond donors (Lipinski definition) is 3. The van der Waals surface area contributed by atoms with E-state index >= 15 is 0 Å². The minimum absolute atomic E-state index is 0.0212. The van der Waals surface area contributed by atoms with Crippen LogP contribution >= 0.6 is 0 Å². The van der Waals surface area contributed by atoms with Crippen LogP contribution in [0.5, 0.6) is 0 Å². The van der Waals surface area contributed by atoms with Gasteiger partial charge in [0.15, 0.2) is 0 Å². The zero-order valence-corrected chi connectivity index (χ0v) is 17.2. The molecule has 0 saturated heterocycles. The third-order valence-corrected chi connectivity index (χ3v) is 4.61. The number of hydrogen-bond acceptors (Lipinski definition) is 6. The number of rotatable bonds is 8. The van der Waals surface area contributed by atoms with Crippen LogP contribution in [0.1, 0.15) is 29.4 Å². The molecule has 3 aromatic rings. The fraction of sp³-hybridized carbons (Fsp3) is 0.182. The van der Waals surface area contributed by atoms with E-state index in [0.29, 0.717) is 23.6 Å². The minimum Gasteiger partial charge on any atom is -0.379 e. The van der Waals surface area contributed by atoms with Crippen LogP contribution in [0.25, 0.3) is 0 Å². The maximum Gasteiger partial charge on any atom is 0.252 e. The zero-order chi connectivity index (χ0) is 22.4. The van der Waals surface area contributed by atoms with E-state index in [-0.39, 0.29) is 18.0 Å². The number of anilines is 4. The van der Waals surface area contributed by atoms with Crippen molar-refractivity contribution < 1.29 is 14.0 Å². The number of primary amides is 1. The number of pyridine rings is 2. The number of halogens is 1. The summed E-state index contributed by atoms with van der Waals surface area (Å²) in [5.74, 6) is -0.721. The van der Waals surface area contributed by atoms with E-state index in [0.717, 1.165) is 11.4 Å². The molecular formula is C22H23FN6O2. The van der Waals surface area contributed by atoms with Crippen LogP contribution in [0.3, 0.4) is 0 Å². The molecular weight excluding hydrogens is 399 g/mol. The number of aromatic nitrogens is 2. The predicted molar refractivity (Wildman–Crippen MR) is 118 cm³/mol. The number of benzene rings is 1. The highest BCUT2D eigenvalue weighted by Crippen LogP contribution is 2.24. The highest BCUT2D eigenvalue weighted by molar-refractivity contribution is 5.98. The smallest absolute Gasteiger partial charge is 0.252 e. The summed E-state index contributed by atoms with van der Waals surface area (Å²) in [6.45, 7) is 2.01. The summed E-state index contributed by atoms with van der Waals surface area (Å²) < 4.78 is 13.3. The van der Waals surface area contributed by atoms with Crippen molar-refractivity contribution in [1.82, 2.24) is 9.97 Å². The molecule has 0 saturated carbocycles. The lowest BCUT2D eigenvalue weighted by molar-refractivity contribution is -0.118. The van der Waals surface area contributed by atoms with Gasteiger partial charge in [-0.2, -0.15) is 4.39 Å². The molecule has 9 heteroatoms. The van der Waals surface area contributed by atoms with Gasteiger partial charge < -0.3 is 21.3 Å². The molecule has 8 nitrogen and oxygen atoms in total. The fourth-order valence-corrected chi connectivity index (χ4v) is 2.90. The Hall–Kier alpha value is -4.01. The first-order valence-corrected chi connectivity index (χ1v) is 9.66. The molecule has 1 aromatic carbocycles. The first kappa shape index (κ1) is 21.7. The van der Waals surface area contributed by atoms with Gasteiger partial charge in [0.05, 0.1) is 23.5 Å². The predicted octanol–water partition coefficient (Wildman–Crippen LogP) is 3.44. The summed E-state index contributed by atoms with van der Waals surface area (Å²) in [6, 6.07) is 13.4. The van der Waals surface area contributed by atoms with Gasteiger partial charge >= 0.3 is 0 Å². The summed E-state index contributed by atoms with van der Waals surface area (Å²) >= 11 is 0. The minimum atomic E-state index is -0.637. The molecule has 0 radical (unpaired) electrons. The van der Waals surface area contributed by atoms with Crippen LogP contribution in [0, 0.1) is 5.95 Å². The second-order valence-corrected chi connectivity index (χ2v) is 6.76. The largest absolute Gasteiger partial charge is 0.379 e. The van der Waals surface area contributed by atoms with Crippen LogP contribution in [0.2, 0.25) is 0 Å². The van der Waals surface area contributed by atoms with E-state index in [1.54, 1.807) is 30.1 Å². The van der Waals surface area contributed by atoms with Gasteiger partial charge in [-0.3, -0.25) is 9.59 Å². The fourth-order valence-electron chi connectivity index (χ4n) is 2.90. The maximum absolute atomic E-state index is 13.3. The number of carbonyl (C=O) groups is 2. The number of amides is 2. The second-order valence-electron chi connectivity index (χ2n) is 6.76. The molecule has 0 bridgehead atoms. The lowest BCUT2D eigenvalue weighted by Gasteiger charge is -2.17. The third-order valence-electron chi connectivity index (χ3n) is 4.61. The molecule has 0 aliphatic rings. The van der Waals surface area contributed by atoms with Gasteiger partial charge in [-0.1, -0.05) is 13.0 Å². The molecule has 4 N–H and O–H groups in total. The Morgan fingerprint density at radius 1 is 1.16 bits per heavy atom. The van der Waals surface area contributed by atoms with Crippen molar-refractivity contribution in [3.63, 3.8) is 0 Å². The van der Waals surface area contributed by atoms with Gasteiger partial charge in [0.2, 0.25) is 11.9 Å². The van der Waals surface area contributed by atoms with E-state index in [4.69, 9.17) is 5.73 Å². The molecule has 0 fully saturated rings. The van der Waals surface area contributed by atoms with Crippen molar-refractivity contribution in [2.45, 2.75) is 19.9 Å². The zero-order valence-electron chi connectivity index (χ0n) is 17.2. The topological polar surface area (TPSA) is 113 Å². The first-order chi connectivity index (χ1) is 14.9. The summed E-state index contributed by atoms with van der Waals surface area (Å²) in [5.41, 5.74) is 8.10. The van der Waals surface area contributed by atoms with E-state index in [1.807, 2.05) is 31.2 Å². The van der Waals surface area contributed by atoms with E-state index in [9.17, 15) is 14.0 Å². The third kappa shape index (κ3) is 5.53. The number of nitrogens with one attached hydrogen (secondary N) is 2. The molecule has 0 atom stereocenters. The molecule has 0 aliphatic heterocycles. The Balaban J connectivity index is 1.76. The van der Waals surface area contributed by atoms with Gasteiger partial charge in [-0.05, 0) is 36.4 Å². The summed E-state index contributed by atoms with van der Waals surface area (Å²) in [7, 11) is 1.73. The average Bonchev–Trinajstić information content (AvgIpc) is 2.77. The van der Waals surface area contributed by atoms with Crippen molar-refractivity contribution >= 4 is 34.7 Å². The lowest BCUT2D eigenvalue weighted by atomic mass is 10.2. The Morgan fingerprint density at radius 3 is 2.55 bits per heavy atom. The van der Waals surface area contributed by atoms with Crippen LogP contribution in [-0.4, -0.2) is 28.8 Å². The number of carbonyl (C=O) groups excluding carboxylic acids is 2. The van der Waals surface area contributed by atoms with Gasteiger partial charge in [-0.25, -0.2) is 9.97 Å². The van der Waals surface area contributed by atoms with Crippen LogP contribution in [0.4, 0.5) is 27.3 Å². The Labute approximate surface area is 179 Å². The monoisotopic (exact) mass is 422 g/mol. The SMILES string of the molecule is CCC(=O)N(C)c1ccc(Nc2cc(NCc3cccc(F)n3)c(C(N)=O)cn2)cc1. The normalized spacial score (nSPS) is 10.4. The molecule has 31 heavy (non-hydrogen) atoms. The standard InChI is InChI=1S/C22H23FN6O2/c1-3-21(30)29(2)16-9-7-14(8-10-16)28-20-11-18(17(13-26-20)22(24)31)25-12-15-5-4-6-19(23)27-15/h4-11,13H,3,12H2,1-2H3,(H2,24,31)(H2,25,26,28). The highest BCUT2D eigenvalue weighted by Gasteiger charge is 2.12. The quantitative estimate of drug-likeness (QED) is 0.479. The second kappa shape index (κ2) is 9.66. The molecule has 0 unspecified atom stereocenters. The molecule has 2 heterocycles. The van der Waals surface area contributed by atoms with E-state index in [2.05, 4.69) is 20.6 Å². The van der Waals surface area contributed by atoms with Crippen molar-refractivity contribution in [3.8, 4) is 0 Å². The van der Waals surface area contributed by atoms with Gasteiger partial charge in [0, 0.05) is 37.1 Å². The van der Waals surface area contributed by atoms with E-state index in [1.165, 1.54) is 12.3 Å². The number of nitrogens with two attached hydrogens (primary N) is 1. The van der Waals surface area contributed by atoms with E-state index < -0.39 is 11.9 Å². The Morgan fingerprint density at radius 2 is 1.90 bits per heavy atom. The molecule has 2 aromatic heterocycles. The van der Waals surface area contributed by atoms with Gasteiger partial charge in [-0.15, -0.1) is 0 Å².